The Morgan fingerprint density at radius 3 is 2.65 bits per heavy atom. The maximum absolute atomic E-state index is 3.68. The molecule has 0 aromatic heterocycles. The Bertz CT molecular complexity index is 587. The third-order valence-electron chi connectivity index (χ3n) is 4.30. The summed E-state index contributed by atoms with van der Waals surface area (Å²) < 4.78 is 1.19. The van der Waals surface area contributed by atoms with Crippen LogP contribution in [0, 0.1) is 6.92 Å². The van der Waals surface area contributed by atoms with Crippen LogP contribution in [0.2, 0.25) is 0 Å². The lowest BCUT2D eigenvalue weighted by molar-refractivity contribution is 0.289. The number of rotatable bonds is 4. The molecule has 0 heterocycles. The van der Waals surface area contributed by atoms with E-state index < -0.39 is 0 Å². The van der Waals surface area contributed by atoms with E-state index in [1.807, 2.05) is 0 Å². The average Bonchev–Trinajstić information content (AvgIpc) is 2.39. The molecule has 1 aliphatic rings. The Labute approximate surface area is 129 Å². The first-order valence-corrected chi connectivity index (χ1v) is 8.05. The Morgan fingerprint density at radius 2 is 1.90 bits per heavy atom. The summed E-state index contributed by atoms with van der Waals surface area (Å²) in [6, 6.07) is 18.0. The highest BCUT2D eigenvalue weighted by molar-refractivity contribution is 9.10. The van der Waals surface area contributed by atoms with Crippen molar-refractivity contribution in [2.45, 2.75) is 38.3 Å². The van der Waals surface area contributed by atoms with Gasteiger partial charge < -0.3 is 5.32 Å². The molecule has 0 aliphatic heterocycles. The molecule has 0 atom stereocenters. The van der Waals surface area contributed by atoms with Gasteiger partial charge >= 0.3 is 0 Å². The average molecular weight is 330 g/mol. The second kappa shape index (κ2) is 6.11. The Kier molecular flexibility index (Phi) is 4.23. The Morgan fingerprint density at radius 1 is 1.10 bits per heavy atom. The minimum absolute atomic E-state index is 0.665. The van der Waals surface area contributed by atoms with Crippen LogP contribution < -0.4 is 5.32 Å². The van der Waals surface area contributed by atoms with E-state index in [1.165, 1.54) is 34.0 Å². The molecule has 1 saturated carbocycles. The zero-order valence-corrected chi connectivity index (χ0v) is 13.4. The number of nitrogens with one attached hydrogen (secondary N) is 1. The van der Waals surface area contributed by atoms with E-state index >= 15 is 0 Å². The zero-order valence-electron chi connectivity index (χ0n) is 11.8. The molecule has 2 heteroatoms. The van der Waals surface area contributed by atoms with E-state index in [2.05, 4.69) is 76.7 Å². The summed E-state index contributed by atoms with van der Waals surface area (Å²) in [4.78, 5) is 0. The largest absolute Gasteiger partial charge is 0.310 e. The van der Waals surface area contributed by atoms with E-state index in [-0.39, 0.29) is 0 Å². The van der Waals surface area contributed by atoms with E-state index in [0.29, 0.717) is 6.04 Å². The number of hydrogen-bond acceptors (Lipinski definition) is 1. The fourth-order valence-electron chi connectivity index (χ4n) is 2.88. The summed E-state index contributed by atoms with van der Waals surface area (Å²) in [7, 11) is 0. The van der Waals surface area contributed by atoms with Crippen LogP contribution in [0.5, 0.6) is 0 Å². The van der Waals surface area contributed by atoms with Gasteiger partial charge in [-0.15, -0.1) is 0 Å². The number of hydrogen-bond donors (Lipinski definition) is 1. The summed E-state index contributed by atoms with van der Waals surface area (Å²) in [6.45, 7) is 3.17. The predicted molar refractivity (Wildman–Crippen MR) is 87.9 cm³/mol. The Hall–Kier alpha value is -1.12. The number of benzene rings is 2. The van der Waals surface area contributed by atoms with Gasteiger partial charge in [0, 0.05) is 17.1 Å². The fourth-order valence-corrected chi connectivity index (χ4v) is 3.30. The summed E-state index contributed by atoms with van der Waals surface area (Å²) in [6.07, 6.45) is 2.50. The lowest BCUT2D eigenvalue weighted by Gasteiger charge is -2.36. The molecule has 0 amide bonds. The molecule has 1 N–H and O–H groups in total. The quantitative estimate of drug-likeness (QED) is 0.850. The monoisotopic (exact) mass is 329 g/mol. The van der Waals surface area contributed by atoms with Crippen LogP contribution in [0.25, 0.3) is 0 Å². The molecular formula is C18H20BrN. The maximum Gasteiger partial charge on any atom is 0.0210 e. The van der Waals surface area contributed by atoms with Crippen LogP contribution in [0.1, 0.15) is 35.4 Å². The van der Waals surface area contributed by atoms with Gasteiger partial charge in [-0.2, -0.15) is 0 Å². The highest BCUT2D eigenvalue weighted by Crippen LogP contribution is 2.37. The molecule has 1 fully saturated rings. The minimum Gasteiger partial charge on any atom is -0.310 e. The Balaban J connectivity index is 1.50. The molecule has 3 rings (SSSR count). The van der Waals surface area contributed by atoms with Gasteiger partial charge in [0.15, 0.2) is 0 Å². The molecule has 0 saturated heterocycles. The van der Waals surface area contributed by atoms with Gasteiger partial charge in [-0.3, -0.25) is 0 Å². The van der Waals surface area contributed by atoms with Crippen molar-refractivity contribution in [3.63, 3.8) is 0 Å². The number of aryl methyl sites for hydroxylation is 1. The number of halogens is 1. The van der Waals surface area contributed by atoms with Crippen LogP contribution >= 0.6 is 15.9 Å². The molecule has 2 aromatic rings. The first kappa shape index (κ1) is 13.8. The van der Waals surface area contributed by atoms with Crippen LogP contribution in [0.3, 0.4) is 0 Å². The molecule has 1 nitrogen and oxygen atoms in total. The molecule has 1 aliphatic carbocycles. The first-order valence-electron chi connectivity index (χ1n) is 7.26. The molecule has 2 aromatic carbocycles. The van der Waals surface area contributed by atoms with Crippen LogP contribution in [-0.4, -0.2) is 6.04 Å². The van der Waals surface area contributed by atoms with E-state index in [4.69, 9.17) is 0 Å². The molecule has 0 bridgehead atoms. The maximum atomic E-state index is 3.68. The van der Waals surface area contributed by atoms with E-state index in [1.54, 1.807) is 0 Å². The van der Waals surface area contributed by atoms with Gasteiger partial charge in [-0.25, -0.2) is 0 Å². The molecule has 0 spiro atoms. The van der Waals surface area contributed by atoms with Crippen molar-refractivity contribution < 1.29 is 0 Å². The second-order valence-corrected chi connectivity index (χ2v) is 6.64. The molecular weight excluding hydrogens is 310 g/mol. The first-order chi connectivity index (χ1) is 9.72. The van der Waals surface area contributed by atoms with Gasteiger partial charge in [0.1, 0.15) is 0 Å². The van der Waals surface area contributed by atoms with Crippen molar-refractivity contribution in [2.24, 2.45) is 0 Å². The van der Waals surface area contributed by atoms with Crippen molar-refractivity contribution in [3.8, 4) is 0 Å². The zero-order chi connectivity index (χ0) is 13.9. The van der Waals surface area contributed by atoms with Crippen LogP contribution in [0.15, 0.2) is 53.0 Å². The van der Waals surface area contributed by atoms with Gasteiger partial charge in [0.05, 0.1) is 0 Å². The standard InChI is InChI=1S/C18H20BrN/c1-13-5-2-3-6-15(13)12-20-18-10-16(11-18)14-7-4-8-17(19)9-14/h2-9,16,18,20H,10-12H2,1H3. The summed E-state index contributed by atoms with van der Waals surface area (Å²) in [5, 5.41) is 3.68. The SMILES string of the molecule is Cc1ccccc1CNC1CC(c2cccc(Br)c2)C1. The minimum atomic E-state index is 0.665. The highest BCUT2D eigenvalue weighted by atomic mass is 79.9. The topological polar surface area (TPSA) is 12.0 Å². The van der Waals surface area contributed by atoms with Crippen molar-refractivity contribution >= 4 is 15.9 Å². The summed E-state index contributed by atoms with van der Waals surface area (Å²) in [5.74, 6) is 0.724. The van der Waals surface area contributed by atoms with Crippen LogP contribution in [0.4, 0.5) is 0 Å². The van der Waals surface area contributed by atoms with Gasteiger partial charge in [-0.1, -0.05) is 52.3 Å². The van der Waals surface area contributed by atoms with Gasteiger partial charge in [-0.05, 0) is 54.5 Å². The van der Waals surface area contributed by atoms with Crippen molar-refractivity contribution in [1.29, 1.82) is 0 Å². The molecule has 104 valence electrons. The van der Waals surface area contributed by atoms with E-state index in [0.717, 1.165) is 12.5 Å². The smallest absolute Gasteiger partial charge is 0.0210 e. The van der Waals surface area contributed by atoms with Crippen LogP contribution in [-0.2, 0) is 6.54 Å². The highest BCUT2D eigenvalue weighted by Gasteiger charge is 2.29. The van der Waals surface area contributed by atoms with E-state index in [9.17, 15) is 0 Å². The molecule has 0 radical (unpaired) electrons. The lowest BCUT2D eigenvalue weighted by Crippen LogP contribution is -2.39. The predicted octanol–water partition coefficient (Wildman–Crippen LogP) is 4.79. The molecule has 20 heavy (non-hydrogen) atoms. The second-order valence-electron chi connectivity index (χ2n) is 5.73. The fraction of sp³-hybridized carbons (Fsp3) is 0.333. The van der Waals surface area contributed by atoms with Crippen molar-refractivity contribution in [2.75, 3.05) is 0 Å². The molecule has 0 unspecified atom stereocenters. The van der Waals surface area contributed by atoms with Gasteiger partial charge in [0.25, 0.3) is 0 Å². The summed E-state index contributed by atoms with van der Waals surface area (Å²) >= 11 is 3.55. The third kappa shape index (κ3) is 3.13. The third-order valence-corrected chi connectivity index (χ3v) is 4.79. The normalized spacial score (nSPS) is 21.5. The lowest BCUT2D eigenvalue weighted by atomic mass is 9.76. The van der Waals surface area contributed by atoms with Gasteiger partial charge in [0.2, 0.25) is 0 Å². The van der Waals surface area contributed by atoms with Crippen molar-refractivity contribution in [3.05, 3.63) is 69.7 Å². The van der Waals surface area contributed by atoms with Crippen molar-refractivity contribution in [1.82, 2.24) is 5.32 Å². The summed E-state index contributed by atoms with van der Waals surface area (Å²) in [5.41, 5.74) is 4.26.